The van der Waals surface area contributed by atoms with Crippen LogP contribution in [0.1, 0.15) is 5.69 Å². The number of hydrogen-bond acceptors (Lipinski definition) is 5. The van der Waals surface area contributed by atoms with E-state index < -0.39 is 9.84 Å². The first-order valence-electron chi connectivity index (χ1n) is 5.16. The summed E-state index contributed by atoms with van der Waals surface area (Å²) in [7, 11) is -3.26. The molecular formula is C11H12N2O3S2. The van der Waals surface area contributed by atoms with E-state index in [1.165, 1.54) is 6.26 Å². The Kier molecular flexibility index (Phi) is 3.53. The highest BCUT2D eigenvalue weighted by molar-refractivity contribution is 7.90. The average molecular weight is 284 g/mol. The fraction of sp³-hybridized carbons (Fsp3) is 0.182. The van der Waals surface area contributed by atoms with E-state index in [0.717, 1.165) is 17.0 Å². The van der Waals surface area contributed by atoms with Crippen molar-refractivity contribution in [1.29, 1.82) is 0 Å². The number of rotatable bonds is 4. The third kappa shape index (κ3) is 2.99. The quantitative estimate of drug-likeness (QED) is 0.890. The molecule has 0 radical (unpaired) electrons. The smallest absolute Gasteiger partial charge is 0.304 e. The average Bonchev–Trinajstić information content (AvgIpc) is 2.72. The Morgan fingerprint density at radius 1 is 1.33 bits per heavy atom. The number of anilines is 1. The van der Waals surface area contributed by atoms with Crippen molar-refractivity contribution < 1.29 is 8.42 Å². The van der Waals surface area contributed by atoms with Crippen LogP contribution in [-0.4, -0.2) is 19.7 Å². The van der Waals surface area contributed by atoms with Crippen molar-refractivity contribution in [2.24, 2.45) is 0 Å². The van der Waals surface area contributed by atoms with Crippen LogP contribution in [0.15, 0.2) is 39.3 Å². The standard InChI is InChI=1S/C11H12N2O3S2/c1-18(15,16)10-5-3-2-4-9(10)12-6-8-7-17-11(14)13-8/h2-5,7,12H,6H2,1H3,(H,13,14). The maximum absolute atomic E-state index is 11.6. The van der Waals surface area contributed by atoms with Crippen molar-refractivity contribution in [1.82, 2.24) is 4.98 Å². The van der Waals surface area contributed by atoms with Gasteiger partial charge in [0.2, 0.25) is 0 Å². The predicted octanol–water partition coefficient (Wildman–Crippen LogP) is 1.45. The van der Waals surface area contributed by atoms with E-state index in [1.807, 2.05) is 0 Å². The summed E-state index contributed by atoms with van der Waals surface area (Å²) in [6.07, 6.45) is 1.17. The minimum Gasteiger partial charge on any atom is -0.378 e. The van der Waals surface area contributed by atoms with E-state index in [4.69, 9.17) is 0 Å². The number of aromatic nitrogens is 1. The van der Waals surface area contributed by atoms with Gasteiger partial charge in [0.15, 0.2) is 9.84 Å². The monoisotopic (exact) mass is 284 g/mol. The molecule has 0 unspecified atom stereocenters. The third-order valence-electron chi connectivity index (χ3n) is 2.33. The maximum Gasteiger partial charge on any atom is 0.304 e. The number of thiazole rings is 1. The van der Waals surface area contributed by atoms with Gasteiger partial charge in [-0.2, -0.15) is 0 Å². The Hall–Kier alpha value is -1.60. The molecule has 1 aromatic heterocycles. The fourth-order valence-electron chi connectivity index (χ4n) is 1.53. The number of nitrogens with one attached hydrogen (secondary N) is 2. The van der Waals surface area contributed by atoms with E-state index >= 15 is 0 Å². The summed E-state index contributed by atoms with van der Waals surface area (Å²) in [4.78, 5) is 13.8. The van der Waals surface area contributed by atoms with Gasteiger partial charge >= 0.3 is 4.87 Å². The van der Waals surface area contributed by atoms with Gasteiger partial charge in [-0.1, -0.05) is 23.5 Å². The fourth-order valence-corrected chi connectivity index (χ4v) is 2.97. The molecule has 0 saturated heterocycles. The van der Waals surface area contributed by atoms with Crippen LogP contribution < -0.4 is 10.2 Å². The SMILES string of the molecule is CS(=O)(=O)c1ccccc1NCc1csc(=O)[nH]1. The maximum atomic E-state index is 11.6. The van der Waals surface area contributed by atoms with E-state index in [9.17, 15) is 13.2 Å². The van der Waals surface area contributed by atoms with E-state index in [-0.39, 0.29) is 9.77 Å². The molecule has 1 heterocycles. The lowest BCUT2D eigenvalue weighted by Crippen LogP contribution is -2.07. The minimum atomic E-state index is -3.26. The Bertz CT molecular complexity index is 701. The molecule has 0 amide bonds. The van der Waals surface area contributed by atoms with Crippen LogP contribution in [0, 0.1) is 0 Å². The normalized spacial score (nSPS) is 11.4. The summed E-state index contributed by atoms with van der Waals surface area (Å²) in [5, 5.41) is 4.71. The predicted molar refractivity (Wildman–Crippen MR) is 71.8 cm³/mol. The first-order chi connectivity index (χ1) is 8.47. The second kappa shape index (κ2) is 4.95. The number of H-pyrrole nitrogens is 1. The lowest BCUT2D eigenvalue weighted by Gasteiger charge is -2.09. The topological polar surface area (TPSA) is 79.0 Å². The van der Waals surface area contributed by atoms with Crippen LogP contribution >= 0.6 is 11.3 Å². The van der Waals surface area contributed by atoms with Crippen molar-refractivity contribution in [3.8, 4) is 0 Å². The van der Waals surface area contributed by atoms with Gasteiger partial charge in [-0.25, -0.2) is 8.42 Å². The molecule has 0 aliphatic carbocycles. The second-order valence-corrected chi connectivity index (χ2v) is 6.62. The molecule has 2 N–H and O–H groups in total. The van der Waals surface area contributed by atoms with Crippen LogP contribution in [-0.2, 0) is 16.4 Å². The third-order valence-corrected chi connectivity index (χ3v) is 4.20. The zero-order valence-electron chi connectivity index (χ0n) is 9.64. The lowest BCUT2D eigenvalue weighted by molar-refractivity contribution is 0.602. The van der Waals surface area contributed by atoms with Gasteiger partial charge in [-0.15, -0.1) is 0 Å². The summed E-state index contributed by atoms with van der Waals surface area (Å²) in [5.74, 6) is 0. The van der Waals surface area contributed by atoms with Gasteiger partial charge in [-0.3, -0.25) is 4.79 Å². The minimum absolute atomic E-state index is 0.122. The van der Waals surface area contributed by atoms with Crippen LogP contribution in [0.3, 0.4) is 0 Å². The van der Waals surface area contributed by atoms with E-state index in [1.54, 1.807) is 29.6 Å². The van der Waals surface area contributed by atoms with Gasteiger partial charge in [0.25, 0.3) is 0 Å². The van der Waals surface area contributed by atoms with Gasteiger partial charge in [0.1, 0.15) is 0 Å². The molecule has 0 saturated carbocycles. The molecule has 0 fully saturated rings. The lowest BCUT2D eigenvalue weighted by atomic mass is 10.3. The molecule has 5 nitrogen and oxygen atoms in total. The first-order valence-corrected chi connectivity index (χ1v) is 7.93. The molecular weight excluding hydrogens is 272 g/mol. The van der Waals surface area contributed by atoms with Crippen LogP contribution in [0.5, 0.6) is 0 Å². The molecule has 7 heteroatoms. The summed E-state index contributed by atoms with van der Waals surface area (Å²) in [6, 6.07) is 6.68. The molecule has 2 aromatic rings. The molecule has 18 heavy (non-hydrogen) atoms. The Morgan fingerprint density at radius 2 is 2.06 bits per heavy atom. The Morgan fingerprint density at radius 3 is 2.67 bits per heavy atom. The van der Waals surface area contributed by atoms with Crippen molar-refractivity contribution >= 4 is 26.9 Å². The van der Waals surface area contributed by atoms with Crippen LogP contribution in [0.4, 0.5) is 5.69 Å². The van der Waals surface area contributed by atoms with Crippen molar-refractivity contribution in [3.63, 3.8) is 0 Å². The number of aromatic amines is 1. The van der Waals surface area contributed by atoms with E-state index in [0.29, 0.717) is 12.2 Å². The molecule has 0 aliphatic heterocycles. The summed E-state index contributed by atoms with van der Waals surface area (Å²) in [5.41, 5.74) is 1.26. The Labute approximate surface area is 108 Å². The second-order valence-electron chi connectivity index (χ2n) is 3.80. The Balaban J connectivity index is 2.22. The molecule has 0 bridgehead atoms. The highest BCUT2D eigenvalue weighted by atomic mass is 32.2. The van der Waals surface area contributed by atoms with Crippen molar-refractivity contribution in [3.05, 3.63) is 45.0 Å². The first kappa shape index (κ1) is 12.8. The molecule has 96 valence electrons. The summed E-state index contributed by atoms with van der Waals surface area (Å²) < 4.78 is 23.1. The van der Waals surface area contributed by atoms with Crippen molar-refractivity contribution in [2.75, 3.05) is 11.6 Å². The number of sulfone groups is 1. The molecule has 1 aromatic carbocycles. The van der Waals surface area contributed by atoms with Crippen molar-refractivity contribution in [2.45, 2.75) is 11.4 Å². The number of benzene rings is 1. The summed E-state index contributed by atoms with van der Waals surface area (Å²) >= 11 is 1.08. The van der Waals surface area contributed by atoms with Gasteiger partial charge in [0.05, 0.1) is 17.1 Å². The van der Waals surface area contributed by atoms with E-state index in [2.05, 4.69) is 10.3 Å². The number of para-hydroxylation sites is 1. The van der Waals surface area contributed by atoms with Gasteiger partial charge in [-0.05, 0) is 12.1 Å². The van der Waals surface area contributed by atoms with Gasteiger partial charge < -0.3 is 10.3 Å². The van der Waals surface area contributed by atoms with Crippen LogP contribution in [0.25, 0.3) is 0 Å². The zero-order valence-corrected chi connectivity index (χ0v) is 11.3. The largest absolute Gasteiger partial charge is 0.378 e. The molecule has 0 atom stereocenters. The summed E-state index contributed by atoms with van der Waals surface area (Å²) in [6.45, 7) is 0.380. The molecule has 0 spiro atoms. The van der Waals surface area contributed by atoms with Crippen LogP contribution in [0.2, 0.25) is 0 Å². The highest BCUT2D eigenvalue weighted by Gasteiger charge is 2.12. The molecule has 0 aliphatic rings. The highest BCUT2D eigenvalue weighted by Crippen LogP contribution is 2.20. The van der Waals surface area contributed by atoms with Gasteiger partial charge in [0, 0.05) is 17.3 Å². The number of hydrogen-bond donors (Lipinski definition) is 2. The zero-order chi connectivity index (χ0) is 13.2. The molecule has 2 rings (SSSR count).